The Morgan fingerprint density at radius 2 is 1.48 bits per heavy atom. The van der Waals surface area contributed by atoms with Gasteiger partial charge < -0.3 is 40.1 Å². The highest BCUT2D eigenvalue weighted by Gasteiger charge is 2.43. The molecule has 65 heavy (non-hydrogen) atoms. The number of carbonyl (C=O) groups is 5. The minimum absolute atomic E-state index is 0.0280. The van der Waals surface area contributed by atoms with Gasteiger partial charge in [0.1, 0.15) is 6.04 Å². The van der Waals surface area contributed by atoms with E-state index in [1.807, 2.05) is 83.7 Å². The molecule has 16 heteroatoms. The topological polar surface area (TPSA) is 191 Å². The summed E-state index contributed by atoms with van der Waals surface area (Å²) in [4.78, 5) is 79.6. The number of carbonyl (C=O) groups excluding carboxylic acids is 5. The second-order valence-electron chi connectivity index (χ2n) is 18.6. The summed E-state index contributed by atoms with van der Waals surface area (Å²) in [7, 11) is 6.67. The molecular weight excluding hydrogens is 833 g/mol. The van der Waals surface area contributed by atoms with E-state index in [-0.39, 0.29) is 84.2 Å². The molecule has 2 aliphatic heterocycles. The quantitative estimate of drug-likeness (QED) is 0.0792. The molecule has 362 valence electrons. The van der Waals surface area contributed by atoms with Crippen LogP contribution in [0.15, 0.2) is 54.6 Å². The predicted molar refractivity (Wildman–Crippen MR) is 247 cm³/mol. The van der Waals surface area contributed by atoms with E-state index in [4.69, 9.17) is 14.3 Å². The van der Waals surface area contributed by atoms with Crippen molar-refractivity contribution < 1.29 is 48.5 Å². The third kappa shape index (κ3) is 13.4. The Morgan fingerprint density at radius 3 is 2.02 bits per heavy atom. The third-order valence-electron chi connectivity index (χ3n) is 13.3. The summed E-state index contributed by atoms with van der Waals surface area (Å²) in [6, 6.07) is 13.3. The van der Waals surface area contributed by atoms with E-state index < -0.39 is 48.4 Å². The number of aliphatic hydroxyl groups excluding tert-OH is 1. The van der Waals surface area contributed by atoms with Gasteiger partial charge in [-0.1, -0.05) is 97.4 Å². The molecule has 0 aromatic heterocycles. The van der Waals surface area contributed by atoms with Crippen molar-refractivity contribution in [2.75, 3.05) is 54.6 Å². The van der Waals surface area contributed by atoms with Crippen LogP contribution in [0.3, 0.4) is 0 Å². The van der Waals surface area contributed by atoms with Crippen LogP contribution in [0.5, 0.6) is 0 Å². The SMILES string of the molecule is CC[C@H](C)[C@@H]([C@@H](CC(=O)N1CCC[C@H]1[C@H](OC)[C@@H](C)CN[C@@H](Cc1ccccc1)C(O)O)OC)N(C)C(=O)[C@@H](NC(=O)[C@H](C(C)C)N(C)CCON1C(=O)c2ccccc2C1=O)C(C)C. The minimum atomic E-state index is -1.56. The number of amides is 5. The average Bonchev–Trinajstić information content (AvgIpc) is 3.85. The number of hydroxylamine groups is 2. The third-order valence-corrected chi connectivity index (χ3v) is 13.3. The summed E-state index contributed by atoms with van der Waals surface area (Å²) in [5.41, 5.74) is 1.54. The number of rotatable bonds is 26. The van der Waals surface area contributed by atoms with Crippen LogP contribution in [0, 0.1) is 23.7 Å². The van der Waals surface area contributed by atoms with Crippen LogP contribution in [-0.2, 0) is 35.1 Å². The number of hydrogen-bond acceptors (Lipinski definition) is 12. The zero-order valence-corrected chi connectivity index (χ0v) is 40.4. The van der Waals surface area contributed by atoms with Gasteiger partial charge in [-0.3, -0.25) is 33.7 Å². The van der Waals surface area contributed by atoms with Crippen molar-refractivity contribution in [2.45, 2.75) is 129 Å². The maximum atomic E-state index is 14.6. The van der Waals surface area contributed by atoms with Crippen LogP contribution in [0.2, 0.25) is 0 Å². The highest BCUT2D eigenvalue weighted by atomic mass is 16.7. The Bertz CT molecular complexity index is 1830. The lowest BCUT2D eigenvalue weighted by Crippen LogP contribution is -2.60. The summed E-state index contributed by atoms with van der Waals surface area (Å²) in [6.07, 6.45) is 0.170. The van der Waals surface area contributed by atoms with E-state index in [1.54, 1.807) is 62.4 Å². The molecular formula is C49H76N6O10. The molecule has 0 radical (unpaired) electrons. The number of methoxy groups -OCH3 is 2. The number of likely N-dealkylation sites (N-methyl/N-ethyl adjacent to an activating group) is 2. The van der Waals surface area contributed by atoms with Crippen molar-refractivity contribution in [3.63, 3.8) is 0 Å². The van der Waals surface area contributed by atoms with Crippen molar-refractivity contribution in [2.24, 2.45) is 23.7 Å². The Kier molecular flexibility index (Phi) is 20.5. The molecule has 0 saturated carbocycles. The number of likely N-dealkylation sites (tertiary alicyclic amines) is 1. The Morgan fingerprint density at radius 1 is 0.862 bits per heavy atom. The first-order valence-corrected chi connectivity index (χ1v) is 23.2. The number of aliphatic hydroxyl groups is 2. The molecule has 0 aliphatic carbocycles. The van der Waals surface area contributed by atoms with Crippen LogP contribution < -0.4 is 10.6 Å². The molecule has 2 aromatic rings. The number of fused-ring (bicyclic) bond motifs is 1. The Hall–Kier alpha value is -4.29. The van der Waals surface area contributed by atoms with Gasteiger partial charge in [-0.2, -0.15) is 0 Å². The van der Waals surface area contributed by atoms with Gasteiger partial charge in [0.25, 0.3) is 11.8 Å². The molecule has 0 bridgehead atoms. The smallest absolute Gasteiger partial charge is 0.285 e. The number of nitrogens with one attached hydrogen (secondary N) is 2. The first-order chi connectivity index (χ1) is 30.9. The highest BCUT2D eigenvalue weighted by molar-refractivity contribution is 6.20. The Labute approximate surface area is 386 Å². The van der Waals surface area contributed by atoms with Crippen LogP contribution in [-0.4, -0.2) is 163 Å². The first-order valence-electron chi connectivity index (χ1n) is 23.2. The summed E-state index contributed by atoms with van der Waals surface area (Å²) in [5, 5.41) is 27.5. The maximum Gasteiger partial charge on any atom is 0.285 e. The second-order valence-corrected chi connectivity index (χ2v) is 18.6. The van der Waals surface area contributed by atoms with Gasteiger partial charge in [0, 0.05) is 40.9 Å². The molecule has 16 nitrogen and oxygen atoms in total. The summed E-state index contributed by atoms with van der Waals surface area (Å²) >= 11 is 0. The lowest BCUT2D eigenvalue weighted by Gasteiger charge is -2.41. The van der Waals surface area contributed by atoms with Gasteiger partial charge in [-0.25, -0.2) is 0 Å². The molecule has 1 fully saturated rings. The standard InChI is InChI=1S/C49H76N6O10/c1-12-32(6)43(39(63-10)28-40(56)54-24-18-23-38(54)44(64-11)33(7)29-50-37(49(61)62)27-34-19-14-13-15-20-34)53(9)48(60)41(30(2)3)51-45(57)42(31(4)5)52(8)25-26-65-55-46(58)35-21-16-17-22-36(35)47(55)59/h13-17,19-22,30-33,37-39,41-44,49-50,61-62H,12,18,23-29H2,1-11H3,(H,51,57)/t32-,33-,37-,38-,39+,41-,42-,43-,44+/m0/s1. The minimum Gasteiger partial charge on any atom is -0.379 e. The zero-order chi connectivity index (χ0) is 48.1. The average molecular weight is 909 g/mol. The van der Waals surface area contributed by atoms with E-state index in [0.717, 1.165) is 23.5 Å². The molecule has 1 saturated heterocycles. The van der Waals surface area contributed by atoms with Gasteiger partial charge in [-0.15, -0.1) is 5.06 Å². The molecule has 9 atom stereocenters. The lowest BCUT2D eigenvalue weighted by molar-refractivity contribution is -0.147. The molecule has 0 unspecified atom stereocenters. The van der Waals surface area contributed by atoms with Gasteiger partial charge in [0.15, 0.2) is 6.29 Å². The van der Waals surface area contributed by atoms with Gasteiger partial charge in [0.2, 0.25) is 17.7 Å². The van der Waals surface area contributed by atoms with E-state index in [2.05, 4.69) is 10.6 Å². The summed E-state index contributed by atoms with van der Waals surface area (Å²) < 4.78 is 12.2. The zero-order valence-electron chi connectivity index (χ0n) is 40.4. The van der Waals surface area contributed by atoms with Gasteiger partial charge >= 0.3 is 0 Å². The molecule has 5 amide bonds. The maximum absolute atomic E-state index is 14.6. The van der Waals surface area contributed by atoms with Crippen molar-refractivity contribution in [3.05, 3.63) is 71.3 Å². The van der Waals surface area contributed by atoms with E-state index in [9.17, 15) is 34.2 Å². The fraction of sp³-hybridized carbons (Fsp3) is 0.653. The van der Waals surface area contributed by atoms with Crippen molar-refractivity contribution in [1.29, 1.82) is 0 Å². The first kappa shape index (κ1) is 53.3. The molecule has 2 aromatic carbocycles. The summed E-state index contributed by atoms with van der Waals surface area (Å²) in [5.74, 6) is -2.43. The normalized spacial score (nSPS) is 19.1. The fourth-order valence-corrected chi connectivity index (χ4v) is 9.52. The van der Waals surface area contributed by atoms with Gasteiger partial charge in [-0.05, 0) is 67.7 Å². The van der Waals surface area contributed by atoms with Crippen molar-refractivity contribution in [1.82, 2.24) is 30.4 Å². The predicted octanol–water partition coefficient (Wildman–Crippen LogP) is 3.74. The number of nitrogens with zero attached hydrogens (tertiary/aromatic N) is 4. The number of hydrogen-bond donors (Lipinski definition) is 4. The monoisotopic (exact) mass is 909 g/mol. The van der Waals surface area contributed by atoms with Crippen LogP contribution in [0.4, 0.5) is 0 Å². The highest BCUT2D eigenvalue weighted by Crippen LogP contribution is 2.30. The van der Waals surface area contributed by atoms with E-state index >= 15 is 0 Å². The number of benzene rings is 2. The number of ether oxygens (including phenoxy) is 2. The fourth-order valence-electron chi connectivity index (χ4n) is 9.52. The molecule has 4 rings (SSSR count). The molecule has 4 N–H and O–H groups in total. The van der Waals surface area contributed by atoms with Crippen LogP contribution >= 0.6 is 0 Å². The lowest BCUT2D eigenvalue weighted by atomic mass is 9.89. The van der Waals surface area contributed by atoms with Crippen LogP contribution in [0.1, 0.15) is 100 Å². The second kappa shape index (κ2) is 25.0. The molecule has 0 spiro atoms. The van der Waals surface area contributed by atoms with E-state index in [1.165, 1.54) is 0 Å². The molecule has 2 aliphatic rings. The number of imide groups is 1. The van der Waals surface area contributed by atoms with Crippen molar-refractivity contribution >= 4 is 29.5 Å². The summed E-state index contributed by atoms with van der Waals surface area (Å²) in [6.45, 7) is 14.8. The van der Waals surface area contributed by atoms with Crippen LogP contribution in [0.25, 0.3) is 0 Å². The largest absolute Gasteiger partial charge is 0.379 e. The van der Waals surface area contributed by atoms with E-state index in [0.29, 0.717) is 25.9 Å². The Balaban J connectivity index is 1.41. The molecule has 2 heterocycles. The van der Waals surface area contributed by atoms with Gasteiger partial charge in [0.05, 0.1) is 60.5 Å². The van der Waals surface area contributed by atoms with Crippen molar-refractivity contribution in [3.8, 4) is 0 Å².